The van der Waals surface area contributed by atoms with E-state index in [9.17, 15) is 14.4 Å². The summed E-state index contributed by atoms with van der Waals surface area (Å²) < 4.78 is 23.0. The molecule has 0 unspecified atom stereocenters. The molecule has 164 valence electrons. The Morgan fingerprint density at radius 2 is 1.61 bits per heavy atom. The minimum atomic E-state index is -1.03. The van der Waals surface area contributed by atoms with Crippen molar-refractivity contribution in [2.75, 3.05) is 0 Å². The van der Waals surface area contributed by atoms with Crippen LogP contribution in [0.1, 0.15) is 53.2 Å². The number of ether oxygens (including phenoxy) is 3. The molecule has 0 fully saturated rings. The van der Waals surface area contributed by atoms with E-state index in [1.54, 1.807) is 71.9 Å². The van der Waals surface area contributed by atoms with E-state index in [-0.39, 0.29) is 0 Å². The van der Waals surface area contributed by atoms with Crippen molar-refractivity contribution in [2.24, 2.45) is 0 Å². The summed E-state index contributed by atoms with van der Waals surface area (Å²) >= 11 is 0. The topological polar surface area (TPSA) is 92.0 Å². The largest absolute Gasteiger partial charge is 0.483 e. The Kier molecular flexibility index (Phi) is 6.06. The van der Waals surface area contributed by atoms with Crippen molar-refractivity contribution in [3.8, 4) is 5.75 Å². The summed E-state index contributed by atoms with van der Waals surface area (Å²) in [4.78, 5) is 36.8. The first-order valence-corrected chi connectivity index (χ1v) is 10.0. The summed E-state index contributed by atoms with van der Waals surface area (Å²) in [5.74, 6) is -0.666. The van der Waals surface area contributed by atoms with Gasteiger partial charge in [-0.05, 0) is 53.7 Å². The van der Waals surface area contributed by atoms with Crippen molar-refractivity contribution in [3.63, 3.8) is 0 Å². The summed E-state index contributed by atoms with van der Waals surface area (Å²) in [6.45, 7) is 10.3. The van der Waals surface area contributed by atoms with Crippen LogP contribution in [0.2, 0.25) is 0 Å². The van der Waals surface area contributed by atoms with Gasteiger partial charge in [0, 0.05) is 34.2 Å². The first-order chi connectivity index (χ1) is 14.6. The maximum absolute atomic E-state index is 12.6. The second-order valence-corrected chi connectivity index (χ2v) is 7.98. The van der Waals surface area contributed by atoms with Gasteiger partial charge in [-0.25, -0.2) is 14.4 Å². The third-order valence-corrected chi connectivity index (χ3v) is 5.37. The fraction of sp³-hybridized carbons (Fsp3) is 0.375. The van der Waals surface area contributed by atoms with Crippen LogP contribution in [-0.4, -0.2) is 23.6 Å². The van der Waals surface area contributed by atoms with Crippen LogP contribution < -0.4 is 10.4 Å². The molecule has 1 aliphatic heterocycles. The van der Waals surface area contributed by atoms with E-state index in [1.165, 1.54) is 6.07 Å². The molecule has 2 heterocycles. The minimum absolute atomic E-state index is 0.344. The average Bonchev–Trinajstić information content (AvgIpc) is 2.73. The summed E-state index contributed by atoms with van der Waals surface area (Å²) in [6.07, 6.45) is 1.46. The van der Waals surface area contributed by atoms with Gasteiger partial charge in [-0.3, -0.25) is 0 Å². The summed E-state index contributed by atoms with van der Waals surface area (Å²) in [5.41, 5.74) is 0.200. The molecule has 31 heavy (non-hydrogen) atoms. The molecule has 0 radical (unpaired) electrons. The van der Waals surface area contributed by atoms with Crippen LogP contribution in [0.25, 0.3) is 11.0 Å². The highest BCUT2D eigenvalue weighted by Crippen LogP contribution is 2.45. The second-order valence-electron chi connectivity index (χ2n) is 7.98. The number of hydrogen-bond acceptors (Lipinski definition) is 7. The number of rotatable bonds is 4. The van der Waals surface area contributed by atoms with Crippen molar-refractivity contribution < 1.29 is 28.2 Å². The summed E-state index contributed by atoms with van der Waals surface area (Å²) in [5, 5.41) is 0.625. The maximum atomic E-state index is 12.6. The Hall–Kier alpha value is -3.35. The lowest BCUT2D eigenvalue weighted by atomic mass is 9.87. The zero-order chi connectivity index (χ0) is 22.9. The third kappa shape index (κ3) is 4.40. The number of esters is 2. The molecule has 1 aromatic heterocycles. The van der Waals surface area contributed by atoms with Gasteiger partial charge in [-0.1, -0.05) is 12.2 Å². The van der Waals surface area contributed by atoms with E-state index in [1.807, 2.05) is 0 Å². The van der Waals surface area contributed by atoms with Crippen molar-refractivity contribution in [2.45, 2.75) is 59.4 Å². The van der Waals surface area contributed by atoms with Gasteiger partial charge in [0.1, 0.15) is 16.9 Å². The molecular weight excluding hydrogens is 400 g/mol. The van der Waals surface area contributed by atoms with Crippen molar-refractivity contribution in [1.29, 1.82) is 0 Å². The lowest BCUT2D eigenvalue weighted by molar-refractivity contribution is -0.185. The molecule has 0 spiro atoms. The smallest absolute Gasteiger partial charge is 0.336 e. The van der Waals surface area contributed by atoms with Gasteiger partial charge in [0.05, 0.1) is 0 Å². The highest BCUT2D eigenvalue weighted by atomic mass is 16.6. The number of allylic oxidation sites excluding steroid dienone is 2. The highest BCUT2D eigenvalue weighted by molar-refractivity contribution is 5.89. The van der Waals surface area contributed by atoms with E-state index >= 15 is 0 Å². The first-order valence-electron chi connectivity index (χ1n) is 10.0. The van der Waals surface area contributed by atoms with E-state index in [2.05, 4.69) is 0 Å². The molecule has 1 aromatic carbocycles. The maximum Gasteiger partial charge on any atom is 0.336 e. The highest BCUT2D eigenvalue weighted by Gasteiger charge is 2.49. The molecule has 0 amide bonds. The van der Waals surface area contributed by atoms with E-state index in [0.29, 0.717) is 33.4 Å². The van der Waals surface area contributed by atoms with Gasteiger partial charge in [0.2, 0.25) is 0 Å². The second kappa shape index (κ2) is 8.41. The lowest BCUT2D eigenvalue weighted by Crippen LogP contribution is -2.52. The van der Waals surface area contributed by atoms with Crippen LogP contribution in [0.3, 0.4) is 0 Å². The molecule has 1 aliphatic rings. The third-order valence-electron chi connectivity index (χ3n) is 5.37. The lowest BCUT2D eigenvalue weighted by Gasteiger charge is -2.43. The predicted molar refractivity (Wildman–Crippen MR) is 115 cm³/mol. The molecule has 0 aliphatic carbocycles. The van der Waals surface area contributed by atoms with Crippen LogP contribution in [0, 0.1) is 0 Å². The van der Waals surface area contributed by atoms with E-state index in [0.717, 1.165) is 0 Å². The Morgan fingerprint density at radius 3 is 2.23 bits per heavy atom. The number of fused-ring (bicyclic) bond motifs is 2. The number of hydrogen-bond donors (Lipinski definition) is 0. The summed E-state index contributed by atoms with van der Waals surface area (Å²) in [7, 11) is 0. The molecule has 2 atom stereocenters. The predicted octanol–water partition coefficient (Wildman–Crippen LogP) is 4.39. The van der Waals surface area contributed by atoms with Gasteiger partial charge in [-0.15, -0.1) is 0 Å². The van der Waals surface area contributed by atoms with Crippen LogP contribution in [0.15, 0.2) is 56.8 Å². The Bertz CT molecular complexity index is 1150. The monoisotopic (exact) mass is 426 g/mol. The zero-order valence-electron chi connectivity index (χ0n) is 18.5. The SMILES string of the molecule is CC=C(C)C(=O)O[C@@H]1[C@H](OC(=O)/C(C)=C\C)c2cc3ccc(=O)oc3cc2OC1(C)C. The normalized spacial score (nSPS) is 20.6. The minimum Gasteiger partial charge on any atom is -0.483 e. The van der Waals surface area contributed by atoms with Crippen LogP contribution >= 0.6 is 0 Å². The standard InChI is InChI=1S/C24H26O7/c1-7-13(3)22(26)29-20-16-11-15-9-10-19(25)28-17(15)12-18(16)31-24(5,6)21(20)30-23(27)14(4)8-2/h7-12,20-21H,1-6H3/b13-7-,14-8?/t20-,21-/m1/s1. The molecule has 0 saturated carbocycles. The molecule has 3 rings (SSSR count). The Balaban J connectivity index is 2.16. The van der Waals surface area contributed by atoms with E-state index in [4.69, 9.17) is 18.6 Å². The van der Waals surface area contributed by atoms with Crippen molar-refractivity contribution in [1.82, 2.24) is 0 Å². The Labute approximate surface area is 180 Å². The number of carbonyl (C=O) groups excluding carboxylic acids is 2. The van der Waals surface area contributed by atoms with Gasteiger partial charge >= 0.3 is 17.6 Å². The molecular formula is C24H26O7. The van der Waals surface area contributed by atoms with Gasteiger partial charge in [-0.2, -0.15) is 0 Å². The molecule has 7 nitrogen and oxygen atoms in total. The molecule has 0 N–H and O–H groups in total. The van der Waals surface area contributed by atoms with Gasteiger partial charge < -0.3 is 18.6 Å². The van der Waals surface area contributed by atoms with Gasteiger partial charge in [0.15, 0.2) is 12.2 Å². The van der Waals surface area contributed by atoms with Crippen molar-refractivity contribution >= 4 is 22.9 Å². The molecule has 0 bridgehead atoms. The molecule has 2 aromatic rings. The molecule has 0 saturated heterocycles. The number of carbonyl (C=O) groups is 2. The molecule has 7 heteroatoms. The van der Waals surface area contributed by atoms with Crippen LogP contribution in [-0.2, 0) is 19.1 Å². The van der Waals surface area contributed by atoms with Gasteiger partial charge in [0.25, 0.3) is 0 Å². The average molecular weight is 426 g/mol. The quantitative estimate of drug-likeness (QED) is 0.407. The summed E-state index contributed by atoms with van der Waals surface area (Å²) in [6, 6.07) is 6.23. The van der Waals surface area contributed by atoms with E-state index < -0.39 is 35.4 Å². The fourth-order valence-electron chi connectivity index (χ4n) is 3.28. The number of benzene rings is 1. The zero-order valence-corrected chi connectivity index (χ0v) is 18.5. The van der Waals surface area contributed by atoms with Crippen molar-refractivity contribution in [3.05, 3.63) is 63.5 Å². The Morgan fingerprint density at radius 1 is 1.00 bits per heavy atom. The van der Waals surface area contributed by atoms with Crippen LogP contribution in [0.5, 0.6) is 5.75 Å². The fourth-order valence-corrected chi connectivity index (χ4v) is 3.28. The van der Waals surface area contributed by atoms with Crippen LogP contribution in [0.4, 0.5) is 0 Å². The first kappa shape index (κ1) is 22.3.